The molecule has 0 spiro atoms. The van der Waals surface area contributed by atoms with E-state index in [2.05, 4.69) is 5.32 Å². The fraction of sp³-hybridized carbons (Fsp3) is 0.409. The number of nitrogens with zero attached hydrogens (tertiary/aromatic N) is 2. The van der Waals surface area contributed by atoms with Crippen LogP contribution >= 0.6 is 0 Å². The fourth-order valence-corrected chi connectivity index (χ4v) is 3.26. The fourth-order valence-electron chi connectivity index (χ4n) is 3.26. The molecule has 0 aliphatic heterocycles. The third kappa shape index (κ3) is 4.32. The van der Waals surface area contributed by atoms with E-state index in [1.165, 1.54) is 4.90 Å². The quantitative estimate of drug-likeness (QED) is 0.801. The zero-order chi connectivity index (χ0) is 20.3. The first-order valence-electron chi connectivity index (χ1n) is 9.81. The number of nitrogens with one attached hydrogen (secondary N) is 1. The van der Waals surface area contributed by atoms with E-state index < -0.39 is 0 Å². The molecule has 6 heteroatoms. The Morgan fingerprint density at radius 3 is 2.21 bits per heavy atom. The van der Waals surface area contributed by atoms with Gasteiger partial charge in [-0.2, -0.15) is 0 Å². The maximum absolute atomic E-state index is 13.1. The second kappa shape index (κ2) is 8.42. The number of hydrogen-bond acceptors (Lipinski definition) is 3. The highest BCUT2D eigenvalue weighted by Crippen LogP contribution is 2.32. The zero-order valence-electron chi connectivity index (χ0n) is 16.7. The summed E-state index contributed by atoms with van der Waals surface area (Å²) < 4.78 is 0. The van der Waals surface area contributed by atoms with Crippen molar-refractivity contribution in [3.05, 3.63) is 42.0 Å². The smallest absolute Gasteiger partial charge is 0.256 e. The third-order valence-electron chi connectivity index (χ3n) is 5.16. The molecular formula is C22H27N3O3. The Labute approximate surface area is 165 Å². The summed E-state index contributed by atoms with van der Waals surface area (Å²) in [7, 11) is 1.62. The van der Waals surface area contributed by atoms with Crippen LogP contribution in [0.3, 0.4) is 0 Å². The lowest BCUT2D eigenvalue weighted by Gasteiger charge is -2.24. The highest BCUT2D eigenvalue weighted by Gasteiger charge is 2.31. The largest absolute Gasteiger partial charge is 0.342 e. The standard InChI is InChI=1S/C22H27N3O3/c1-4-25(5-2)20(26)14-24(3)22(28)18-12-16-8-6-7-9-17(16)13-19(18)23-21(27)15-10-11-15/h6-9,12-13,15H,4-5,10-11,14H2,1-3H3,(H,23,27). The van der Waals surface area contributed by atoms with E-state index in [0.717, 1.165) is 23.6 Å². The van der Waals surface area contributed by atoms with Crippen LogP contribution in [-0.2, 0) is 9.59 Å². The SMILES string of the molecule is CCN(CC)C(=O)CN(C)C(=O)c1cc2ccccc2cc1NC(=O)C1CC1. The van der Waals surface area contributed by atoms with Gasteiger partial charge in [0.25, 0.3) is 5.91 Å². The number of amides is 3. The lowest BCUT2D eigenvalue weighted by Crippen LogP contribution is -2.41. The van der Waals surface area contributed by atoms with Crippen LogP contribution in [0, 0.1) is 5.92 Å². The minimum Gasteiger partial charge on any atom is -0.342 e. The van der Waals surface area contributed by atoms with Crippen molar-refractivity contribution < 1.29 is 14.4 Å². The van der Waals surface area contributed by atoms with E-state index in [-0.39, 0.29) is 30.2 Å². The molecule has 0 aromatic heterocycles. The molecule has 148 valence electrons. The van der Waals surface area contributed by atoms with Crippen molar-refractivity contribution in [2.75, 3.05) is 32.0 Å². The first-order valence-corrected chi connectivity index (χ1v) is 9.81. The summed E-state index contributed by atoms with van der Waals surface area (Å²) in [6, 6.07) is 11.3. The summed E-state index contributed by atoms with van der Waals surface area (Å²) in [5.74, 6) is -0.384. The van der Waals surface area contributed by atoms with Crippen LogP contribution in [0.2, 0.25) is 0 Å². The van der Waals surface area contributed by atoms with Gasteiger partial charge in [0.1, 0.15) is 0 Å². The second-order valence-corrected chi connectivity index (χ2v) is 7.24. The summed E-state index contributed by atoms with van der Waals surface area (Å²) in [4.78, 5) is 40.9. The number of rotatable bonds is 7. The van der Waals surface area contributed by atoms with Crippen LogP contribution in [0.1, 0.15) is 37.0 Å². The number of fused-ring (bicyclic) bond motifs is 1. The summed E-state index contributed by atoms with van der Waals surface area (Å²) >= 11 is 0. The molecule has 28 heavy (non-hydrogen) atoms. The zero-order valence-corrected chi connectivity index (χ0v) is 16.7. The molecule has 0 unspecified atom stereocenters. The molecule has 3 rings (SSSR count). The Morgan fingerprint density at radius 2 is 1.64 bits per heavy atom. The molecule has 1 aliphatic carbocycles. The van der Waals surface area contributed by atoms with E-state index in [0.29, 0.717) is 24.3 Å². The van der Waals surface area contributed by atoms with Gasteiger partial charge < -0.3 is 15.1 Å². The lowest BCUT2D eigenvalue weighted by atomic mass is 10.0. The molecule has 1 saturated carbocycles. The van der Waals surface area contributed by atoms with Gasteiger partial charge in [-0.25, -0.2) is 0 Å². The van der Waals surface area contributed by atoms with Gasteiger partial charge in [0.15, 0.2) is 0 Å². The Kier molecular flexibility index (Phi) is 5.97. The number of hydrogen-bond donors (Lipinski definition) is 1. The highest BCUT2D eigenvalue weighted by atomic mass is 16.2. The van der Waals surface area contributed by atoms with E-state index in [1.807, 2.05) is 44.2 Å². The van der Waals surface area contributed by atoms with Crippen molar-refractivity contribution in [1.82, 2.24) is 9.80 Å². The average Bonchev–Trinajstić information content (AvgIpc) is 3.53. The normalized spacial score (nSPS) is 13.2. The molecule has 0 heterocycles. The molecule has 2 aromatic carbocycles. The van der Waals surface area contributed by atoms with E-state index in [9.17, 15) is 14.4 Å². The van der Waals surface area contributed by atoms with Crippen molar-refractivity contribution in [2.45, 2.75) is 26.7 Å². The second-order valence-electron chi connectivity index (χ2n) is 7.24. The Hall–Kier alpha value is -2.89. The van der Waals surface area contributed by atoms with Gasteiger partial charge in [-0.15, -0.1) is 0 Å². The third-order valence-corrected chi connectivity index (χ3v) is 5.16. The molecular weight excluding hydrogens is 354 g/mol. The van der Waals surface area contributed by atoms with Crippen LogP contribution in [0.25, 0.3) is 10.8 Å². The van der Waals surface area contributed by atoms with Gasteiger partial charge in [-0.05, 0) is 49.6 Å². The molecule has 6 nitrogen and oxygen atoms in total. The lowest BCUT2D eigenvalue weighted by molar-refractivity contribution is -0.131. The van der Waals surface area contributed by atoms with Gasteiger partial charge in [-0.1, -0.05) is 24.3 Å². The molecule has 1 fully saturated rings. The van der Waals surface area contributed by atoms with Crippen molar-refractivity contribution in [3.8, 4) is 0 Å². The molecule has 0 saturated heterocycles. The van der Waals surface area contributed by atoms with E-state index in [4.69, 9.17) is 0 Å². The minimum atomic E-state index is -0.280. The van der Waals surface area contributed by atoms with Crippen LogP contribution in [-0.4, -0.2) is 54.2 Å². The average molecular weight is 381 g/mol. The van der Waals surface area contributed by atoms with Crippen LogP contribution in [0.5, 0.6) is 0 Å². The number of benzene rings is 2. The van der Waals surface area contributed by atoms with Gasteiger partial charge in [0.05, 0.1) is 17.8 Å². The Balaban J connectivity index is 1.89. The number of anilines is 1. The van der Waals surface area contributed by atoms with Crippen molar-refractivity contribution in [3.63, 3.8) is 0 Å². The molecule has 1 N–H and O–H groups in total. The Bertz CT molecular complexity index is 901. The minimum absolute atomic E-state index is 0.00332. The summed E-state index contributed by atoms with van der Waals surface area (Å²) in [6.45, 7) is 5.05. The number of likely N-dealkylation sites (N-methyl/N-ethyl adjacent to an activating group) is 2. The topological polar surface area (TPSA) is 69.7 Å². The molecule has 0 radical (unpaired) electrons. The van der Waals surface area contributed by atoms with Crippen LogP contribution < -0.4 is 5.32 Å². The van der Waals surface area contributed by atoms with Crippen molar-refractivity contribution in [1.29, 1.82) is 0 Å². The number of carbonyl (C=O) groups excluding carboxylic acids is 3. The van der Waals surface area contributed by atoms with E-state index >= 15 is 0 Å². The molecule has 0 atom stereocenters. The summed E-state index contributed by atoms with van der Waals surface area (Å²) in [5, 5.41) is 4.78. The molecule has 2 aromatic rings. The number of carbonyl (C=O) groups is 3. The predicted molar refractivity (Wildman–Crippen MR) is 110 cm³/mol. The van der Waals surface area contributed by atoms with Crippen molar-refractivity contribution in [2.24, 2.45) is 5.92 Å². The Morgan fingerprint density at radius 1 is 1.04 bits per heavy atom. The van der Waals surface area contributed by atoms with Crippen LogP contribution in [0.15, 0.2) is 36.4 Å². The van der Waals surface area contributed by atoms with Gasteiger partial charge in [0, 0.05) is 26.1 Å². The maximum atomic E-state index is 13.1. The summed E-state index contributed by atoms with van der Waals surface area (Å²) in [6.07, 6.45) is 1.78. The maximum Gasteiger partial charge on any atom is 0.256 e. The van der Waals surface area contributed by atoms with Gasteiger partial charge in [0.2, 0.25) is 11.8 Å². The molecule has 3 amide bonds. The molecule has 1 aliphatic rings. The first kappa shape index (κ1) is 19.9. The molecule has 0 bridgehead atoms. The van der Waals surface area contributed by atoms with Gasteiger partial charge in [-0.3, -0.25) is 14.4 Å². The van der Waals surface area contributed by atoms with Crippen LogP contribution in [0.4, 0.5) is 5.69 Å². The summed E-state index contributed by atoms with van der Waals surface area (Å²) in [5.41, 5.74) is 0.908. The highest BCUT2D eigenvalue weighted by molar-refractivity contribution is 6.08. The monoisotopic (exact) mass is 381 g/mol. The van der Waals surface area contributed by atoms with Crippen molar-refractivity contribution >= 4 is 34.2 Å². The first-order chi connectivity index (χ1) is 13.4. The van der Waals surface area contributed by atoms with Gasteiger partial charge >= 0.3 is 0 Å². The predicted octanol–water partition coefficient (Wildman–Crippen LogP) is 3.13. The van der Waals surface area contributed by atoms with E-state index in [1.54, 1.807) is 18.0 Å².